The molecule has 0 N–H and O–H groups in total. The number of ether oxygens (including phenoxy) is 1. The van der Waals surface area contributed by atoms with Gasteiger partial charge in [0.25, 0.3) is 11.1 Å². The van der Waals surface area contributed by atoms with Gasteiger partial charge in [0.15, 0.2) is 0 Å². The van der Waals surface area contributed by atoms with Crippen LogP contribution >= 0.6 is 11.8 Å². The molecule has 8 heteroatoms. The summed E-state index contributed by atoms with van der Waals surface area (Å²) in [7, 11) is 0. The standard InChI is InChI=1S/C25H23FN2O4S/c1-16(2)15-32-23(29)14-28-24(30)22(33-25(28)31)11-18-13-27(21-6-4-3-5-20(18)21)12-17-7-9-19(26)10-8-17/h3-11,13,16H,12,14-15H2,1-2H3/b22-11-. The molecule has 2 heterocycles. The summed E-state index contributed by atoms with van der Waals surface area (Å²) in [6.45, 7) is 4.17. The van der Waals surface area contributed by atoms with Crippen LogP contribution < -0.4 is 0 Å². The van der Waals surface area contributed by atoms with Crippen molar-refractivity contribution in [3.63, 3.8) is 0 Å². The van der Waals surface area contributed by atoms with Crippen molar-refractivity contribution in [1.29, 1.82) is 0 Å². The van der Waals surface area contributed by atoms with E-state index in [1.54, 1.807) is 18.2 Å². The highest BCUT2D eigenvalue weighted by Gasteiger charge is 2.36. The third-order valence-corrected chi connectivity index (χ3v) is 6.02. The number of thioether (sulfide) groups is 1. The second-order valence-corrected chi connectivity index (χ2v) is 9.19. The van der Waals surface area contributed by atoms with E-state index in [-0.39, 0.29) is 23.2 Å². The van der Waals surface area contributed by atoms with Gasteiger partial charge < -0.3 is 9.30 Å². The maximum atomic E-state index is 13.3. The van der Waals surface area contributed by atoms with Crippen LogP contribution in [0, 0.1) is 11.7 Å². The van der Waals surface area contributed by atoms with E-state index in [1.165, 1.54) is 12.1 Å². The Morgan fingerprint density at radius 3 is 2.58 bits per heavy atom. The molecule has 0 radical (unpaired) electrons. The summed E-state index contributed by atoms with van der Waals surface area (Å²) >= 11 is 0.806. The lowest BCUT2D eigenvalue weighted by Crippen LogP contribution is -2.34. The van der Waals surface area contributed by atoms with Crippen molar-refractivity contribution < 1.29 is 23.5 Å². The molecule has 0 aliphatic carbocycles. The van der Waals surface area contributed by atoms with Gasteiger partial charge in [0.05, 0.1) is 11.5 Å². The van der Waals surface area contributed by atoms with Crippen LogP contribution in [0.1, 0.15) is 25.0 Å². The van der Waals surface area contributed by atoms with Gasteiger partial charge in [0, 0.05) is 29.2 Å². The van der Waals surface area contributed by atoms with Crippen molar-refractivity contribution >= 4 is 45.9 Å². The number of fused-ring (bicyclic) bond motifs is 1. The zero-order valence-electron chi connectivity index (χ0n) is 18.3. The number of aromatic nitrogens is 1. The second-order valence-electron chi connectivity index (χ2n) is 8.20. The summed E-state index contributed by atoms with van der Waals surface area (Å²) < 4.78 is 20.4. The summed E-state index contributed by atoms with van der Waals surface area (Å²) in [5.41, 5.74) is 2.66. The molecular weight excluding hydrogens is 443 g/mol. The summed E-state index contributed by atoms with van der Waals surface area (Å²) in [6.07, 6.45) is 3.58. The number of carbonyl (C=O) groups is 3. The van der Waals surface area contributed by atoms with Crippen LogP contribution in [0.15, 0.2) is 59.6 Å². The van der Waals surface area contributed by atoms with E-state index >= 15 is 0 Å². The average molecular weight is 467 g/mol. The number of esters is 1. The van der Waals surface area contributed by atoms with Crippen LogP contribution in [0.25, 0.3) is 17.0 Å². The summed E-state index contributed by atoms with van der Waals surface area (Å²) in [4.78, 5) is 38.4. The van der Waals surface area contributed by atoms with Crippen molar-refractivity contribution in [1.82, 2.24) is 9.47 Å². The molecule has 2 amide bonds. The first-order valence-electron chi connectivity index (χ1n) is 10.5. The van der Waals surface area contributed by atoms with E-state index in [4.69, 9.17) is 4.74 Å². The Balaban J connectivity index is 1.58. The maximum Gasteiger partial charge on any atom is 0.326 e. The highest BCUT2D eigenvalue weighted by Crippen LogP contribution is 2.34. The van der Waals surface area contributed by atoms with Crippen LogP contribution in [0.5, 0.6) is 0 Å². The minimum Gasteiger partial charge on any atom is -0.464 e. The number of imide groups is 1. The number of hydrogen-bond acceptors (Lipinski definition) is 5. The lowest BCUT2D eigenvalue weighted by atomic mass is 10.1. The largest absolute Gasteiger partial charge is 0.464 e. The molecule has 1 aromatic heterocycles. The number of carbonyl (C=O) groups excluding carboxylic acids is 3. The zero-order chi connectivity index (χ0) is 23.5. The van der Waals surface area contributed by atoms with Crippen LogP contribution in [0.3, 0.4) is 0 Å². The normalized spacial score (nSPS) is 15.3. The van der Waals surface area contributed by atoms with E-state index in [1.807, 2.05) is 48.9 Å². The van der Waals surface area contributed by atoms with E-state index in [2.05, 4.69) is 0 Å². The molecule has 0 saturated carbocycles. The van der Waals surface area contributed by atoms with Crippen LogP contribution in [0.2, 0.25) is 0 Å². The van der Waals surface area contributed by atoms with Gasteiger partial charge >= 0.3 is 5.97 Å². The maximum absolute atomic E-state index is 13.3. The van der Waals surface area contributed by atoms with Crippen molar-refractivity contribution in [3.8, 4) is 0 Å². The van der Waals surface area contributed by atoms with Crippen molar-refractivity contribution in [2.75, 3.05) is 13.2 Å². The van der Waals surface area contributed by atoms with Crippen LogP contribution in [0.4, 0.5) is 9.18 Å². The van der Waals surface area contributed by atoms with Gasteiger partial charge in [0.2, 0.25) is 0 Å². The van der Waals surface area contributed by atoms with E-state index < -0.39 is 23.7 Å². The van der Waals surface area contributed by atoms with Crippen molar-refractivity contribution in [2.45, 2.75) is 20.4 Å². The van der Waals surface area contributed by atoms with Gasteiger partial charge in [-0.05, 0) is 47.5 Å². The van der Waals surface area contributed by atoms with E-state index in [9.17, 15) is 18.8 Å². The lowest BCUT2D eigenvalue weighted by molar-refractivity contribution is -0.147. The highest BCUT2D eigenvalue weighted by atomic mass is 32.2. The summed E-state index contributed by atoms with van der Waals surface area (Å²) in [5.74, 6) is -1.25. The first-order chi connectivity index (χ1) is 15.8. The van der Waals surface area contributed by atoms with Gasteiger partial charge in [-0.1, -0.05) is 44.2 Å². The minimum atomic E-state index is -0.608. The number of halogens is 1. The summed E-state index contributed by atoms with van der Waals surface area (Å²) in [5, 5.41) is 0.422. The van der Waals surface area contributed by atoms with Gasteiger partial charge in [-0.25, -0.2) is 4.39 Å². The fourth-order valence-electron chi connectivity index (χ4n) is 3.52. The molecule has 1 aliphatic heterocycles. The molecule has 0 atom stereocenters. The van der Waals surface area contributed by atoms with Crippen molar-refractivity contribution in [3.05, 3.63) is 76.6 Å². The molecule has 1 aliphatic rings. The number of nitrogens with zero attached hydrogens (tertiary/aromatic N) is 2. The number of amides is 2. The Hall–Kier alpha value is -3.39. The molecule has 6 nitrogen and oxygen atoms in total. The first-order valence-corrected chi connectivity index (χ1v) is 11.4. The van der Waals surface area contributed by atoms with E-state index in [0.29, 0.717) is 6.54 Å². The molecule has 0 bridgehead atoms. The van der Waals surface area contributed by atoms with E-state index in [0.717, 1.165) is 38.7 Å². The topological polar surface area (TPSA) is 68.6 Å². The van der Waals surface area contributed by atoms with Crippen LogP contribution in [-0.4, -0.2) is 39.7 Å². The molecule has 0 spiro atoms. The third kappa shape index (κ3) is 5.17. The molecule has 33 heavy (non-hydrogen) atoms. The Morgan fingerprint density at radius 2 is 1.85 bits per heavy atom. The predicted octanol–water partition coefficient (Wildman–Crippen LogP) is 5.06. The van der Waals surface area contributed by atoms with Crippen molar-refractivity contribution in [2.24, 2.45) is 5.92 Å². The van der Waals surface area contributed by atoms with Gasteiger partial charge in [-0.2, -0.15) is 0 Å². The second kappa shape index (κ2) is 9.62. The first kappa shape index (κ1) is 22.8. The Kier molecular flexibility index (Phi) is 6.65. The van der Waals surface area contributed by atoms with Gasteiger partial charge in [-0.3, -0.25) is 19.3 Å². The molecule has 2 aromatic carbocycles. The quantitative estimate of drug-likeness (QED) is 0.359. The average Bonchev–Trinajstić information content (AvgIpc) is 3.26. The smallest absolute Gasteiger partial charge is 0.326 e. The molecular formula is C25H23FN2O4S. The minimum absolute atomic E-state index is 0.163. The fourth-order valence-corrected chi connectivity index (χ4v) is 4.35. The lowest BCUT2D eigenvalue weighted by Gasteiger charge is -2.12. The predicted molar refractivity (Wildman–Crippen MR) is 126 cm³/mol. The molecule has 1 fully saturated rings. The highest BCUT2D eigenvalue weighted by molar-refractivity contribution is 8.18. The fraction of sp³-hybridized carbons (Fsp3) is 0.240. The Labute approximate surface area is 195 Å². The molecule has 4 rings (SSSR count). The summed E-state index contributed by atoms with van der Waals surface area (Å²) in [6, 6.07) is 14.0. The number of para-hydroxylation sites is 1. The third-order valence-electron chi connectivity index (χ3n) is 5.11. The van der Waals surface area contributed by atoms with Gasteiger partial charge in [0.1, 0.15) is 12.4 Å². The molecule has 170 valence electrons. The molecule has 1 saturated heterocycles. The SMILES string of the molecule is CC(C)COC(=O)CN1C(=O)S/C(=C\c2cn(Cc3ccc(F)cc3)c3ccccc23)C1=O. The number of benzene rings is 2. The monoisotopic (exact) mass is 466 g/mol. The Morgan fingerprint density at radius 1 is 1.12 bits per heavy atom. The van der Waals surface area contributed by atoms with Crippen LogP contribution in [-0.2, 0) is 20.9 Å². The number of hydrogen-bond donors (Lipinski definition) is 0. The molecule has 3 aromatic rings. The molecule has 0 unspecified atom stereocenters. The van der Waals surface area contributed by atoms with Gasteiger partial charge in [-0.15, -0.1) is 0 Å². The number of rotatable bonds is 7. The Bertz CT molecular complexity index is 1250. The zero-order valence-corrected chi connectivity index (χ0v) is 19.1.